The average molecular weight is 317 g/mol. The molecule has 1 aromatic carbocycles. The van der Waals surface area contributed by atoms with Gasteiger partial charge in [-0.05, 0) is 30.4 Å². The van der Waals surface area contributed by atoms with E-state index in [1.165, 1.54) is 6.42 Å². The number of hydrogen-bond donors (Lipinski definition) is 3. The molecule has 0 radical (unpaired) electrons. The van der Waals surface area contributed by atoms with Crippen molar-refractivity contribution in [2.45, 2.75) is 57.9 Å². The first-order valence-corrected chi connectivity index (χ1v) is 8.49. The Kier molecular flexibility index (Phi) is 6.44. The van der Waals surface area contributed by atoms with Crippen LogP contribution in [0.4, 0.5) is 10.5 Å². The predicted octanol–water partition coefficient (Wildman–Crippen LogP) is 3.38. The van der Waals surface area contributed by atoms with Crippen molar-refractivity contribution < 1.29 is 9.59 Å². The number of hydrogen-bond acceptors (Lipinski definition) is 2. The summed E-state index contributed by atoms with van der Waals surface area (Å²) in [7, 11) is 0. The van der Waals surface area contributed by atoms with Gasteiger partial charge in [0.2, 0.25) is 5.91 Å². The third-order valence-electron chi connectivity index (χ3n) is 4.21. The highest BCUT2D eigenvalue weighted by Gasteiger charge is 2.16. The number of amides is 3. The molecular weight excluding hydrogens is 290 g/mol. The molecule has 1 aliphatic rings. The molecule has 23 heavy (non-hydrogen) atoms. The van der Waals surface area contributed by atoms with Crippen LogP contribution < -0.4 is 16.0 Å². The molecule has 1 aromatic rings. The first kappa shape index (κ1) is 17.3. The third kappa shape index (κ3) is 5.58. The highest BCUT2D eigenvalue weighted by molar-refractivity contribution is 5.95. The van der Waals surface area contributed by atoms with E-state index in [1.54, 1.807) is 0 Å². The zero-order valence-electron chi connectivity index (χ0n) is 14.0. The van der Waals surface area contributed by atoms with Gasteiger partial charge in [-0.15, -0.1) is 0 Å². The minimum absolute atomic E-state index is 0.0228. The normalized spacial score (nSPS) is 15.3. The lowest BCUT2D eigenvalue weighted by Gasteiger charge is -2.22. The molecule has 3 amide bonds. The monoisotopic (exact) mass is 317 g/mol. The average Bonchev–Trinajstić information content (AvgIpc) is 2.54. The van der Waals surface area contributed by atoms with E-state index < -0.39 is 0 Å². The molecule has 0 atom stereocenters. The van der Waals surface area contributed by atoms with Crippen molar-refractivity contribution in [3.05, 3.63) is 29.8 Å². The first-order chi connectivity index (χ1) is 11.1. The van der Waals surface area contributed by atoms with Crippen molar-refractivity contribution >= 4 is 17.6 Å². The summed E-state index contributed by atoms with van der Waals surface area (Å²) in [6, 6.07) is 7.72. The van der Waals surface area contributed by atoms with Crippen molar-refractivity contribution in [3.8, 4) is 0 Å². The molecular formula is C18H27N3O2. The Morgan fingerprint density at radius 2 is 1.83 bits per heavy atom. The maximum absolute atomic E-state index is 12.0. The van der Waals surface area contributed by atoms with Crippen LogP contribution >= 0.6 is 0 Å². The summed E-state index contributed by atoms with van der Waals surface area (Å²) in [5.41, 5.74) is 1.90. The van der Waals surface area contributed by atoms with Crippen molar-refractivity contribution in [1.29, 1.82) is 0 Å². The van der Waals surface area contributed by atoms with E-state index in [4.69, 9.17) is 0 Å². The van der Waals surface area contributed by atoms with E-state index in [0.717, 1.165) is 36.9 Å². The molecule has 2 rings (SSSR count). The van der Waals surface area contributed by atoms with Gasteiger partial charge in [-0.1, -0.05) is 51.3 Å². The van der Waals surface area contributed by atoms with E-state index >= 15 is 0 Å². The summed E-state index contributed by atoms with van der Waals surface area (Å²) in [5, 5.41) is 8.44. The van der Waals surface area contributed by atoms with Crippen molar-refractivity contribution in [1.82, 2.24) is 10.6 Å². The van der Waals surface area contributed by atoms with Crippen LogP contribution in [0.5, 0.6) is 0 Å². The Morgan fingerprint density at radius 3 is 2.52 bits per heavy atom. The second-order valence-corrected chi connectivity index (χ2v) is 6.45. The number of nitrogens with one attached hydrogen (secondary N) is 3. The van der Waals surface area contributed by atoms with Crippen molar-refractivity contribution in [2.75, 3.05) is 11.9 Å². The molecule has 0 aromatic heterocycles. The van der Waals surface area contributed by atoms with Crippen LogP contribution in [0.25, 0.3) is 0 Å². The van der Waals surface area contributed by atoms with Gasteiger partial charge in [0.05, 0.1) is 6.54 Å². The highest BCUT2D eigenvalue weighted by atomic mass is 16.2. The Labute approximate surface area is 138 Å². The van der Waals surface area contributed by atoms with Gasteiger partial charge in [0.15, 0.2) is 0 Å². The van der Waals surface area contributed by atoms with Crippen molar-refractivity contribution in [2.24, 2.45) is 0 Å². The number of urea groups is 1. The molecule has 0 aliphatic heterocycles. The zero-order chi connectivity index (χ0) is 16.7. The van der Waals surface area contributed by atoms with Gasteiger partial charge >= 0.3 is 6.03 Å². The molecule has 1 saturated carbocycles. The molecule has 126 valence electrons. The molecule has 0 spiro atoms. The number of carbonyl (C=O) groups is 2. The fourth-order valence-electron chi connectivity index (χ4n) is 2.95. The van der Waals surface area contributed by atoms with Gasteiger partial charge in [0.1, 0.15) is 0 Å². The molecule has 5 heteroatoms. The van der Waals surface area contributed by atoms with E-state index in [-0.39, 0.29) is 24.5 Å². The standard InChI is InChI=1S/C18H27N3O2/c1-13(2)15-10-6-7-11-16(15)21-17(22)12-19-18(23)20-14-8-4-3-5-9-14/h6-7,10-11,13-14H,3-5,8-9,12H2,1-2H3,(H,21,22)(H2,19,20,23). The Morgan fingerprint density at radius 1 is 1.13 bits per heavy atom. The van der Waals surface area contributed by atoms with Crippen LogP contribution in [-0.2, 0) is 4.79 Å². The SMILES string of the molecule is CC(C)c1ccccc1NC(=O)CNC(=O)NC1CCCCC1. The second-order valence-electron chi connectivity index (χ2n) is 6.45. The molecule has 0 heterocycles. The number of anilines is 1. The lowest BCUT2D eigenvalue weighted by atomic mass is 9.96. The minimum Gasteiger partial charge on any atom is -0.335 e. The molecule has 0 saturated heterocycles. The summed E-state index contributed by atoms with van der Waals surface area (Å²) in [6.45, 7) is 4.15. The largest absolute Gasteiger partial charge is 0.335 e. The number of rotatable bonds is 5. The van der Waals surface area contributed by atoms with Gasteiger partial charge < -0.3 is 16.0 Å². The summed E-state index contributed by atoms with van der Waals surface area (Å²) >= 11 is 0. The molecule has 3 N–H and O–H groups in total. The van der Waals surface area contributed by atoms with Gasteiger partial charge in [-0.25, -0.2) is 4.79 Å². The van der Waals surface area contributed by atoms with E-state index in [1.807, 2.05) is 24.3 Å². The van der Waals surface area contributed by atoms with Gasteiger partial charge in [-0.3, -0.25) is 4.79 Å². The fourth-order valence-corrected chi connectivity index (χ4v) is 2.95. The quantitative estimate of drug-likeness (QED) is 0.779. The smallest absolute Gasteiger partial charge is 0.315 e. The van der Waals surface area contributed by atoms with Gasteiger partial charge in [0.25, 0.3) is 0 Å². The third-order valence-corrected chi connectivity index (χ3v) is 4.21. The summed E-state index contributed by atoms with van der Waals surface area (Å²) in [4.78, 5) is 23.9. The predicted molar refractivity (Wildman–Crippen MR) is 92.6 cm³/mol. The van der Waals surface area contributed by atoms with Crippen LogP contribution in [0, 0.1) is 0 Å². The highest BCUT2D eigenvalue weighted by Crippen LogP contribution is 2.23. The maximum atomic E-state index is 12.0. The van der Waals surface area contributed by atoms with Gasteiger partial charge in [0, 0.05) is 11.7 Å². The van der Waals surface area contributed by atoms with Crippen LogP contribution in [0.2, 0.25) is 0 Å². The molecule has 1 fully saturated rings. The molecule has 5 nitrogen and oxygen atoms in total. The molecule has 1 aliphatic carbocycles. The summed E-state index contributed by atoms with van der Waals surface area (Å²) in [6.07, 6.45) is 5.63. The van der Waals surface area contributed by atoms with E-state index in [0.29, 0.717) is 5.92 Å². The Hall–Kier alpha value is -2.04. The van der Waals surface area contributed by atoms with Crippen LogP contribution in [-0.4, -0.2) is 24.5 Å². The van der Waals surface area contributed by atoms with Crippen LogP contribution in [0.3, 0.4) is 0 Å². The first-order valence-electron chi connectivity index (χ1n) is 8.49. The number of para-hydroxylation sites is 1. The summed E-state index contributed by atoms with van der Waals surface area (Å²) < 4.78 is 0. The Bertz CT molecular complexity index is 537. The van der Waals surface area contributed by atoms with Crippen LogP contribution in [0.1, 0.15) is 57.4 Å². The fraction of sp³-hybridized carbons (Fsp3) is 0.556. The number of benzene rings is 1. The van der Waals surface area contributed by atoms with E-state index in [9.17, 15) is 9.59 Å². The number of carbonyl (C=O) groups excluding carboxylic acids is 2. The van der Waals surface area contributed by atoms with Crippen molar-refractivity contribution in [3.63, 3.8) is 0 Å². The van der Waals surface area contributed by atoms with Crippen LogP contribution in [0.15, 0.2) is 24.3 Å². The summed E-state index contributed by atoms with van der Waals surface area (Å²) in [5.74, 6) is 0.117. The minimum atomic E-state index is -0.260. The van der Waals surface area contributed by atoms with Gasteiger partial charge in [-0.2, -0.15) is 0 Å². The lowest BCUT2D eigenvalue weighted by molar-refractivity contribution is -0.115. The zero-order valence-corrected chi connectivity index (χ0v) is 14.0. The molecule has 0 unspecified atom stereocenters. The lowest BCUT2D eigenvalue weighted by Crippen LogP contribution is -2.45. The molecule has 0 bridgehead atoms. The Balaban J connectivity index is 1.77. The second kappa shape index (κ2) is 8.56. The topological polar surface area (TPSA) is 70.2 Å². The maximum Gasteiger partial charge on any atom is 0.315 e. The van der Waals surface area contributed by atoms with E-state index in [2.05, 4.69) is 29.8 Å².